The quantitative estimate of drug-likeness (QED) is 0.612. The van der Waals surface area contributed by atoms with Crippen LogP contribution in [0.25, 0.3) is 0 Å². The molecule has 2 aromatic rings. The number of rotatable bonds is 6. The van der Waals surface area contributed by atoms with E-state index in [9.17, 15) is 14.4 Å². The van der Waals surface area contributed by atoms with Crippen LogP contribution in [0.2, 0.25) is 0 Å². The minimum absolute atomic E-state index is 0.114. The fourth-order valence-electron chi connectivity index (χ4n) is 6.46. The van der Waals surface area contributed by atoms with Gasteiger partial charge in [-0.2, -0.15) is 0 Å². The molecule has 194 valence electrons. The Kier molecular flexibility index (Phi) is 6.15. The number of likely N-dealkylation sites (tertiary alicyclic amines) is 1. The average molecular weight is 503 g/mol. The van der Waals surface area contributed by atoms with Gasteiger partial charge < -0.3 is 19.4 Å². The van der Waals surface area contributed by atoms with Crippen LogP contribution in [0.15, 0.2) is 42.5 Å². The van der Waals surface area contributed by atoms with Crippen molar-refractivity contribution in [3.05, 3.63) is 59.2 Å². The number of para-hydroxylation sites is 1. The number of ether oxygens (including phenoxy) is 1. The van der Waals surface area contributed by atoms with E-state index in [1.807, 2.05) is 24.3 Å². The van der Waals surface area contributed by atoms with Gasteiger partial charge in [-0.1, -0.05) is 18.2 Å². The maximum absolute atomic E-state index is 13.0. The standard InChI is InChI=1S/C29H34N4O4/c1-37-25-5-3-2-4-20(25)10-13-31-14-11-29(12-15-31)18-32(19-29)22-6-7-23-21(16-22)17-33(28(23)36)24-8-9-26(34)30-27(24)35/h2-7,16,24H,8-15,17-19H2,1H3,(H,30,34,35). The Morgan fingerprint density at radius 3 is 2.59 bits per heavy atom. The first-order chi connectivity index (χ1) is 17.9. The van der Waals surface area contributed by atoms with Crippen LogP contribution in [-0.4, -0.2) is 73.4 Å². The molecule has 2 aromatic carbocycles. The summed E-state index contributed by atoms with van der Waals surface area (Å²) in [6.07, 6.45) is 4.09. The van der Waals surface area contributed by atoms with Crippen LogP contribution in [-0.2, 0) is 22.6 Å². The van der Waals surface area contributed by atoms with Crippen molar-refractivity contribution in [3.63, 3.8) is 0 Å². The number of hydrogen-bond acceptors (Lipinski definition) is 6. The van der Waals surface area contributed by atoms with Gasteiger partial charge in [0.1, 0.15) is 11.8 Å². The Labute approximate surface area is 217 Å². The number of carbonyl (C=O) groups is 3. The number of amides is 3. The molecular formula is C29H34N4O4. The lowest BCUT2D eigenvalue weighted by Crippen LogP contribution is -2.60. The van der Waals surface area contributed by atoms with Gasteiger partial charge >= 0.3 is 0 Å². The Balaban J connectivity index is 1.02. The number of imide groups is 1. The molecule has 4 heterocycles. The van der Waals surface area contributed by atoms with E-state index in [-0.39, 0.29) is 24.1 Å². The number of carbonyl (C=O) groups excluding carboxylic acids is 3. The monoisotopic (exact) mass is 502 g/mol. The van der Waals surface area contributed by atoms with E-state index >= 15 is 0 Å². The molecule has 37 heavy (non-hydrogen) atoms. The summed E-state index contributed by atoms with van der Waals surface area (Å²) in [6, 6.07) is 13.8. The van der Waals surface area contributed by atoms with Gasteiger partial charge in [-0.3, -0.25) is 19.7 Å². The third-order valence-corrected chi connectivity index (χ3v) is 8.73. The molecule has 3 saturated heterocycles. The van der Waals surface area contributed by atoms with E-state index in [4.69, 9.17) is 4.74 Å². The van der Waals surface area contributed by atoms with E-state index in [0.29, 0.717) is 23.9 Å². The Morgan fingerprint density at radius 2 is 1.84 bits per heavy atom. The SMILES string of the molecule is COc1ccccc1CCN1CCC2(CC1)CN(c1ccc3c(c1)CN(C1CCC(=O)NC1=O)C3=O)C2. The van der Waals surface area contributed by atoms with Crippen molar-refractivity contribution >= 4 is 23.4 Å². The van der Waals surface area contributed by atoms with Gasteiger partial charge in [-0.15, -0.1) is 0 Å². The summed E-state index contributed by atoms with van der Waals surface area (Å²) in [7, 11) is 1.74. The van der Waals surface area contributed by atoms with E-state index in [2.05, 4.69) is 33.3 Å². The van der Waals surface area contributed by atoms with Crippen molar-refractivity contribution in [1.82, 2.24) is 15.1 Å². The normalized spacial score (nSPS) is 23.2. The maximum atomic E-state index is 13.0. The molecule has 0 bridgehead atoms. The van der Waals surface area contributed by atoms with E-state index in [0.717, 1.165) is 56.1 Å². The number of benzene rings is 2. The Bertz CT molecular complexity index is 1230. The van der Waals surface area contributed by atoms with Gasteiger partial charge in [-0.25, -0.2) is 0 Å². The molecule has 6 rings (SSSR count). The second-order valence-corrected chi connectivity index (χ2v) is 11.0. The van der Waals surface area contributed by atoms with Gasteiger partial charge in [0.05, 0.1) is 7.11 Å². The summed E-state index contributed by atoms with van der Waals surface area (Å²) in [5.74, 6) is 0.233. The lowest BCUT2D eigenvalue weighted by atomic mass is 9.71. The van der Waals surface area contributed by atoms with Gasteiger partial charge in [0.25, 0.3) is 5.91 Å². The summed E-state index contributed by atoms with van der Waals surface area (Å²) in [6.45, 7) is 5.84. The van der Waals surface area contributed by atoms with E-state index < -0.39 is 6.04 Å². The molecule has 4 aliphatic heterocycles. The highest BCUT2D eigenvalue weighted by Crippen LogP contribution is 2.43. The second kappa shape index (κ2) is 9.49. The zero-order chi connectivity index (χ0) is 25.6. The average Bonchev–Trinajstić information content (AvgIpc) is 3.22. The molecule has 1 unspecified atom stereocenters. The van der Waals surface area contributed by atoms with Crippen molar-refractivity contribution in [2.75, 3.05) is 44.7 Å². The van der Waals surface area contributed by atoms with Crippen LogP contribution in [0.4, 0.5) is 5.69 Å². The number of hydrogen-bond donors (Lipinski definition) is 1. The molecule has 0 saturated carbocycles. The number of fused-ring (bicyclic) bond motifs is 1. The molecule has 0 radical (unpaired) electrons. The summed E-state index contributed by atoms with van der Waals surface area (Å²) in [5, 5.41) is 2.37. The second-order valence-electron chi connectivity index (χ2n) is 11.0. The molecule has 3 amide bonds. The maximum Gasteiger partial charge on any atom is 0.255 e. The van der Waals surface area contributed by atoms with Crippen molar-refractivity contribution in [2.45, 2.75) is 44.7 Å². The molecule has 8 heteroatoms. The summed E-state index contributed by atoms with van der Waals surface area (Å²) < 4.78 is 5.50. The van der Waals surface area contributed by atoms with Crippen molar-refractivity contribution in [3.8, 4) is 5.75 Å². The number of nitrogens with zero attached hydrogens (tertiary/aromatic N) is 3. The number of methoxy groups -OCH3 is 1. The van der Waals surface area contributed by atoms with E-state index in [1.54, 1.807) is 12.0 Å². The smallest absolute Gasteiger partial charge is 0.255 e. The van der Waals surface area contributed by atoms with Crippen LogP contribution < -0.4 is 15.0 Å². The topological polar surface area (TPSA) is 82.2 Å². The molecule has 0 aliphatic carbocycles. The van der Waals surface area contributed by atoms with Crippen LogP contribution in [0.5, 0.6) is 5.75 Å². The fraction of sp³-hybridized carbons (Fsp3) is 0.483. The zero-order valence-electron chi connectivity index (χ0n) is 21.4. The fourth-order valence-corrected chi connectivity index (χ4v) is 6.46. The zero-order valence-corrected chi connectivity index (χ0v) is 21.4. The van der Waals surface area contributed by atoms with Crippen molar-refractivity contribution in [2.24, 2.45) is 5.41 Å². The predicted molar refractivity (Wildman–Crippen MR) is 140 cm³/mol. The highest BCUT2D eigenvalue weighted by molar-refractivity contribution is 6.05. The van der Waals surface area contributed by atoms with Crippen LogP contribution in [0.1, 0.15) is 47.2 Å². The third kappa shape index (κ3) is 4.48. The summed E-state index contributed by atoms with van der Waals surface area (Å²) >= 11 is 0. The van der Waals surface area contributed by atoms with Crippen LogP contribution >= 0.6 is 0 Å². The first kappa shape index (κ1) is 24.0. The number of nitrogens with one attached hydrogen (secondary N) is 1. The first-order valence-corrected chi connectivity index (χ1v) is 13.3. The molecule has 3 fully saturated rings. The minimum Gasteiger partial charge on any atom is -0.496 e. The molecule has 4 aliphatic rings. The van der Waals surface area contributed by atoms with Gasteiger partial charge in [0.2, 0.25) is 11.8 Å². The first-order valence-electron chi connectivity index (χ1n) is 13.3. The lowest BCUT2D eigenvalue weighted by molar-refractivity contribution is -0.136. The van der Waals surface area contributed by atoms with Gasteiger partial charge in [0, 0.05) is 49.3 Å². The van der Waals surface area contributed by atoms with Crippen LogP contribution in [0, 0.1) is 5.41 Å². The molecule has 0 aromatic heterocycles. The summed E-state index contributed by atoms with van der Waals surface area (Å²) in [4.78, 5) is 43.4. The summed E-state index contributed by atoms with van der Waals surface area (Å²) in [5.41, 5.74) is 4.45. The minimum atomic E-state index is -0.568. The molecule has 8 nitrogen and oxygen atoms in total. The van der Waals surface area contributed by atoms with E-state index in [1.165, 1.54) is 18.4 Å². The Hall–Kier alpha value is -3.39. The molecule has 1 atom stereocenters. The highest BCUT2D eigenvalue weighted by Gasteiger charge is 2.45. The van der Waals surface area contributed by atoms with Gasteiger partial charge in [0.15, 0.2) is 0 Å². The highest BCUT2D eigenvalue weighted by atomic mass is 16.5. The van der Waals surface area contributed by atoms with Crippen molar-refractivity contribution < 1.29 is 19.1 Å². The Morgan fingerprint density at radius 1 is 1.05 bits per heavy atom. The van der Waals surface area contributed by atoms with Gasteiger partial charge in [-0.05, 0) is 74.2 Å². The van der Waals surface area contributed by atoms with Crippen LogP contribution in [0.3, 0.4) is 0 Å². The number of anilines is 1. The third-order valence-electron chi connectivity index (χ3n) is 8.73. The molecular weight excluding hydrogens is 468 g/mol. The number of piperidine rings is 2. The largest absolute Gasteiger partial charge is 0.496 e. The molecule has 1 spiro atoms. The molecule has 1 N–H and O–H groups in total. The predicted octanol–water partition coefficient (Wildman–Crippen LogP) is 2.60. The van der Waals surface area contributed by atoms with Crippen molar-refractivity contribution in [1.29, 1.82) is 0 Å². The lowest BCUT2D eigenvalue weighted by Gasteiger charge is -2.55.